The molecule has 2 amide bonds. The second-order valence-electron chi connectivity index (χ2n) is 3.71. The van der Waals surface area contributed by atoms with Crippen LogP contribution in [0.1, 0.15) is 13.8 Å². The third-order valence-electron chi connectivity index (χ3n) is 2.72. The highest BCUT2D eigenvalue weighted by Crippen LogP contribution is 2.32. The van der Waals surface area contributed by atoms with Gasteiger partial charge in [-0.25, -0.2) is 0 Å². The van der Waals surface area contributed by atoms with Crippen LogP contribution < -0.4 is 9.80 Å². The van der Waals surface area contributed by atoms with Gasteiger partial charge in [0, 0.05) is 25.2 Å². The molecule has 0 saturated heterocycles. The van der Waals surface area contributed by atoms with Crippen LogP contribution in [-0.4, -0.2) is 30.8 Å². The number of benzene rings is 1. The van der Waals surface area contributed by atoms with Crippen LogP contribution in [0, 0.1) is 10.1 Å². The Labute approximate surface area is 110 Å². The predicted octanol–water partition coefficient (Wildman–Crippen LogP) is 1.56. The predicted molar refractivity (Wildman–Crippen MR) is 71.3 cm³/mol. The van der Waals surface area contributed by atoms with Gasteiger partial charge in [-0.15, -0.1) is 0 Å². The topological polar surface area (TPSA) is 83.8 Å². The first-order chi connectivity index (χ1) is 9.08. The van der Waals surface area contributed by atoms with Crippen LogP contribution in [0.4, 0.5) is 17.1 Å². The monoisotopic (exact) mass is 265 g/mol. The minimum atomic E-state index is -0.539. The molecule has 1 aromatic carbocycles. The number of hydrogen-bond donors (Lipinski definition) is 0. The highest BCUT2D eigenvalue weighted by atomic mass is 16.6. The van der Waals surface area contributed by atoms with Crippen LogP contribution in [-0.2, 0) is 9.59 Å². The number of nitro benzene ring substituents is 1. The number of hydrogen-bond acceptors (Lipinski definition) is 4. The van der Waals surface area contributed by atoms with E-state index < -0.39 is 4.92 Å². The van der Waals surface area contributed by atoms with Crippen LogP contribution in [0.15, 0.2) is 18.2 Å². The maximum atomic E-state index is 11.0. The van der Waals surface area contributed by atoms with E-state index >= 15 is 0 Å². The van der Waals surface area contributed by atoms with Crippen molar-refractivity contribution in [2.75, 3.05) is 22.9 Å². The summed E-state index contributed by atoms with van der Waals surface area (Å²) in [6, 6.07) is 4.07. The molecule has 0 atom stereocenters. The number of amides is 2. The summed E-state index contributed by atoms with van der Waals surface area (Å²) in [5.41, 5.74) is 0.693. The van der Waals surface area contributed by atoms with Crippen LogP contribution >= 0.6 is 0 Å². The van der Waals surface area contributed by atoms with E-state index in [1.54, 1.807) is 13.8 Å². The lowest BCUT2D eigenvalue weighted by molar-refractivity contribution is -0.384. The molecule has 0 aliphatic rings. The van der Waals surface area contributed by atoms with Crippen LogP contribution in [0.5, 0.6) is 0 Å². The number of nitro groups is 1. The SMILES string of the molecule is CCN(C=O)c1ccc([N+](=O)[O-])cc1N(C=O)CC. The Hall–Kier alpha value is -2.44. The molecule has 102 valence electrons. The number of non-ortho nitro benzene ring substituents is 1. The summed E-state index contributed by atoms with van der Waals surface area (Å²) in [7, 11) is 0. The summed E-state index contributed by atoms with van der Waals surface area (Å²) in [5, 5.41) is 10.8. The number of carbonyl (C=O) groups is 2. The van der Waals surface area contributed by atoms with E-state index in [1.165, 1.54) is 28.0 Å². The fraction of sp³-hybridized carbons (Fsp3) is 0.333. The van der Waals surface area contributed by atoms with Crippen molar-refractivity contribution in [2.45, 2.75) is 13.8 Å². The molecule has 1 rings (SSSR count). The Morgan fingerprint density at radius 3 is 2.05 bits per heavy atom. The van der Waals surface area contributed by atoms with Crippen LogP contribution in [0.3, 0.4) is 0 Å². The average molecular weight is 265 g/mol. The van der Waals surface area contributed by atoms with Gasteiger partial charge in [0.15, 0.2) is 0 Å². The lowest BCUT2D eigenvalue weighted by Gasteiger charge is -2.23. The Morgan fingerprint density at radius 1 is 1.11 bits per heavy atom. The van der Waals surface area contributed by atoms with E-state index in [1.807, 2.05) is 0 Å². The summed E-state index contributed by atoms with van der Waals surface area (Å²) < 4.78 is 0. The largest absolute Gasteiger partial charge is 0.313 e. The van der Waals surface area contributed by atoms with Crippen molar-refractivity contribution in [1.29, 1.82) is 0 Å². The minimum absolute atomic E-state index is 0.124. The fourth-order valence-corrected chi connectivity index (χ4v) is 1.70. The van der Waals surface area contributed by atoms with Crippen molar-refractivity contribution in [3.63, 3.8) is 0 Å². The van der Waals surface area contributed by atoms with E-state index in [-0.39, 0.29) is 5.69 Å². The number of nitrogens with zero attached hydrogens (tertiary/aromatic N) is 3. The van der Waals surface area contributed by atoms with Gasteiger partial charge in [0.05, 0.1) is 16.3 Å². The standard InChI is InChI=1S/C12H15N3O4/c1-3-13(8-16)11-6-5-10(15(18)19)7-12(11)14(4-2)9-17/h5-9H,3-4H2,1-2H3. The third kappa shape index (κ3) is 3.06. The van der Waals surface area contributed by atoms with E-state index in [0.717, 1.165) is 0 Å². The lowest BCUT2D eigenvalue weighted by Crippen LogP contribution is -2.26. The molecule has 0 aliphatic heterocycles. The van der Waals surface area contributed by atoms with Gasteiger partial charge in [-0.3, -0.25) is 19.7 Å². The lowest BCUT2D eigenvalue weighted by atomic mass is 10.2. The van der Waals surface area contributed by atoms with E-state index in [9.17, 15) is 19.7 Å². The molecule has 0 aromatic heterocycles. The van der Waals surface area contributed by atoms with Crippen LogP contribution in [0.2, 0.25) is 0 Å². The second kappa shape index (κ2) is 6.48. The summed E-state index contributed by atoms with van der Waals surface area (Å²) >= 11 is 0. The summed E-state index contributed by atoms with van der Waals surface area (Å²) in [5.74, 6) is 0. The molecule has 0 radical (unpaired) electrons. The van der Waals surface area contributed by atoms with Crippen LogP contribution in [0.25, 0.3) is 0 Å². The smallest absolute Gasteiger partial charge is 0.271 e. The molecular formula is C12H15N3O4. The van der Waals surface area contributed by atoms with Gasteiger partial charge in [0.2, 0.25) is 12.8 Å². The highest BCUT2D eigenvalue weighted by Gasteiger charge is 2.18. The zero-order chi connectivity index (χ0) is 14.4. The summed E-state index contributed by atoms with van der Waals surface area (Å²) in [6.45, 7) is 4.28. The third-order valence-corrected chi connectivity index (χ3v) is 2.72. The molecule has 19 heavy (non-hydrogen) atoms. The highest BCUT2D eigenvalue weighted by molar-refractivity contribution is 5.90. The van der Waals surface area contributed by atoms with Crippen molar-refractivity contribution in [1.82, 2.24) is 0 Å². The Kier molecular flexibility index (Phi) is 4.99. The maximum Gasteiger partial charge on any atom is 0.271 e. The molecule has 0 aliphatic carbocycles. The molecule has 0 unspecified atom stereocenters. The number of carbonyl (C=O) groups excluding carboxylic acids is 2. The van der Waals surface area contributed by atoms with Crippen molar-refractivity contribution < 1.29 is 14.5 Å². The molecule has 0 spiro atoms. The molecule has 0 saturated carbocycles. The van der Waals surface area contributed by atoms with E-state index in [4.69, 9.17) is 0 Å². The van der Waals surface area contributed by atoms with Gasteiger partial charge in [-0.05, 0) is 19.9 Å². The molecule has 1 aromatic rings. The van der Waals surface area contributed by atoms with E-state index in [0.29, 0.717) is 37.3 Å². The maximum absolute atomic E-state index is 11.0. The first-order valence-electron chi connectivity index (χ1n) is 5.81. The summed E-state index contributed by atoms with van der Waals surface area (Å²) in [4.78, 5) is 35.0. The molecular weight excluding hydrogens is 250 g/mol. The quantitative estimate of drug-likeness (QED) is 0.425. The Bertz CT molecular complexity index is 490. The normalized spacial score (nSPS) is 9.79. The Balaban J connectivity index is 3.40. The second-order valence-corrected chi connectivity index (χ2v) is 3.71. The van der Waals surface area contributed by atoms with Gasteiger partial charge >= 0.3 is 0 Å². The first kappa shape index (κ1) is 14.6. The molecule has 0 N–H and O–H groups in total. The zero-order valence-electron chi connectivity index (χ0n) is 10.8. The number of rotatable bonds is 7. The molecule has 0 bridgehead atoms. The number of anilines is 2. The van der Waals surface area contributed by atoms with Gasteiger partial charge in [-0.2, -0.15) is 0 Å². The Morgan fingerprint density at radius 2 is 1.63 bits per heavy atom. The van der Waals surface area contributed by atoms with Crippen molar-refractivity contribution >= 4 is 29.9 Å². The van der Waals surface area contributed by atoms with Gasteiger partial charge in [-0.1, -0.05) is 0 Å². The molecule has 7 heteroatoms. The van der Waals surface area contributed by atoms with Gasteiger partial charge in [0.1, 0.15) is 0 Å². The minimum Gasteiger partial charge on any atom is -0.313 e. The van der Waals surface area contributed by atoms with Gasteiger partial charge in [0.25, 0.3) is 5.69 Å². The average Bonchev–Trinajstić information content (AvgIpc) is 2.42. The van der Waals surface area contributed by atoms with Gasteiger partial charge < -0.3 is 9.80 Å². The zero-order valence-corrected chi connectivity index (χ0v) is 10.8. The van der Waals surface area contributed by atoms with Crippen molar-refractivity contribution in [3.05, 3.63) is 28.3 Å². The molecule has 0 fully saturated rings. The first-order valence-corrected chi connectivity index (χ1v) is 5.81. The van der Waals surface area contributed by atoms with Crippen molar-refractivity contribution in [2.24, 2.45) is 0 Å². The molecule has 7 nitrogen and oxygen atoms in total. The van der Waals surface area contributed by atoms with E-state index in [2.05, 4.69) is 0 Å². The summed E-state index contributed by atoms with van der Waals surface area (Å²) in [6.07, 6.45) is 1.21. The fourth-order valence-electron chi connectivity index (χ4n) is 1.70. The molecule has 0 heterocycles. The van der Waals surface area contributed by atoms with Crippen molar-refractivity contribution in [3.8, 4) is 0 Å².